The Morgan fingerprint density at radius 1 is 0.635 bits per heavy atom. The van der Waals surface area contributed by atoms with E-state index in [1.165, 1.54) is 134 Å². The van der Waals surface area contributed by atoms with Crippen LogP contribution in [0.5, 0.6) is 0 Å². The molecular weight excluding hydrogens is 827 g/mol. The molecule has 0 aliphatic carbocycles. The van der Waals surface area contributed by atoms with Gasteiger partial charge in [0, 0.05) is 0 Å². The lowest BCUT2D eigenvalue weighted by atomic mass is 9.99. The van der Waals surface area contributed by atoms with Gasteiger partial charge in [0.25, 0.3) is 0 Å². The highest BCUT2D eigenvalue weighted by Crippen LogP contribution is 2.26. The molecule has 1 aliphatic rings. The molecule has 0 radical (unpaired) electrons. The maximum absolute atomic E-state index is 13.1. The van der Waals surface area contributed by atoms with Crippen molar-refractivity contribution in [3.05, 3.63) is 36.5 Å². The summed E-state index contributed by atoms with van der Waals surface area (Å²) in [6, 6.07) is -1.14. The van der Waals surface area contributed by atoms with Gasteiger partial charge in [-0.1, -0.05) is 198 Å². The number of amides is 1. The van der Waals surface area contributed by atoms with E-state index in [-0.39, 0.29) is 6.42 Å². The minimum Gasteiger partial charge on any atom is -0.394 e. The topological polar surface area (TPSA) is 212 Å². The van der Waals surface area contributed by atoms with E-state index in [0.29, 0.717) is 12.8 Å². The number of hydrogen-bond acceptors (Lipinski definition) is 11. The van der Waals surface area contributed by atoms with Gasteiger partial charge in [-0.15, -0.1) is 0 Å². The van der Waals surface area contributed by atoms with Crippen LogP contribution < -0.4 is 5.32 Å². The highest BCUT2D eigenvalue weighted by atomic mass is 32.3. The van der Waals surface area contributed by atoms with Crippen molar-refractivity contribution < 1.29 is 57.0 Å². The minimum absolute atomic E-state index is 0.236. The molecule has 0 aromatic rings. The second kappa shape index (κ2) is 39.4. The molecule has 1 aliphatic heterocycles. The molecule has 0 bridgehead atoms. The number of carbonyl (C=O) groups excluding carboxylic acids is 1. The molecule has 1 amide bonds. The highest BCUT2D eigenvalue weighted by Gasteiger charge is 2.48. The molecule has 370 valence electrons. The Bertz CT molecular complexity index is 1280. The Balaban J connectivity index is 2.58. The Hall–Kier alpha value is -1.72. The fraction of sp³-hybridized carbons (Fsp3) is 0.857. The van der Waals surface area contributed by atoms with Crippen molar-refractivity contribution in [2.24, 2.45) is 0 Å². The standard InChI is InChI=1S/C49H91NO12S/c1-3-5-7-9-11-13-15-17-19-20-21-22-24-25-27-29-31-33-35-37-42(52)41(40-60-49-46(55)47(62-63(57,58)59)45(54)44(39-51)61-49)50-48(56)43(53)38-36-34-32-30-28-26-23-18-16-14-12-10-8-6-4-2/h21-22,27,29,35,37,41-47,49,51-55H,3-20,23-26,28,30-34,36,38-40H2,1-2H3,(H,50,56)(H,57,58,59)/b22-21+,29-27+,37-35+. The monoisotopic (exact) mass is 918 g/mol. The number of unbranched alkanes of at least 4 members (excludes halogenated alkanes) is 25. The first-order valence-corrected chi connectivity index (χ1v) is 26.3. The fourth-order valence-corrected chi connectivity index (χ4v) is 8.30. The van der Waals surface area contributed by atoms with Crippen LogP contribution in [0.3, 0.4) is 0 Å². The quantitative estimate of drug-likeness (QED) is 0.0174. The van der Waals surface area contributed by atoms with Crippen LogP contribution in [0.4, 0.5) is 0 Å². The van der Waals surface area contributed by atoms with Gasteiger partial charge in [0.1, 0.15) is 30.5 Å². The SMILES string of the molecule is CCCCCCCCCCC/C=C/CC/C=C/CC/C=C/C(O)C(COC1OC(CO)C(O)C(OS(=O)(=O)O)C1O)NC(=O)C(O)CCCCCCCCCCCCCCCCC. The highest BCUT2D eigenvalue weighted by molar-refractivity contribution is 7.80. The van der Waals surface area contributed by atoms with Crippen molar-refractivity contribution in [2.45, 2.75) is 255 Å². The summed E-state index contributed by atoms with van der Waals surface area (Å²) in [6.45, 7) is 3.20. The molecule has 1 saturated heterocycles. The van der Waals surface area contributed by atoms with Crippen molar-refractivity contribution in [1.29, 1.82) is 0 Å². The number of carbonyl (C=O) groups is 1. The van der Waals surface area contributed by atoms with Crippen LogP contribution in [-0.4, -0.2) is 107 Å². The van der Waals surface area contributed by atoms with E-state index in [4.69, 9.17) is 9.47 Å². The van der Waals surface area contributed by atoms with E-state index in [9.17, 15) is 43.3 Å². The maximum atomic E-state index is 13.1. The Morgan fingerprint density at radius 3 is 1.52 bits per heavy atom. The molecule has 1 heterocycles. The van der Waals surface area contributed by atoms with E-state index < -0.39 is 78.5 Å². The van der Waals surface area contributed by atoms with Gasteiger partial charge in [-0.05, 0) is 44.9 Å². The maximum Gasteiger partial charge on any atom is 0.397 e. The molecule has 0 saturated carbocycles. The molecule has 8 unspecified atom stereocenters. The summed E-state index contributed by atoms with van der Waals surface area (Å²) in [5.74, 6) is -0.715. The molecule has 7 N–H and O–H groups in total. The van der Waals surface area contributed by atoms with Crippen LogP contribution in [0.2, 0.25) is 0 Å². The number of aliphatic hydroxyl groups excluding tert-OH is 5. The van der Waals surface area contributed by atoms with E-state index >= 15 is 0 Å². The third-order valence-electron chi connectivity index (χ3n) is 11.8. The lowest BCUT2D eigenvalue weighted by Gasteiger charge is -2.41. The summed E-state index contributed by atoms with van der Waals surface area (Å²) in [5.41, 5.74) is 0. The van der Waals surface area contributed by atoms with Gasteiger partial charge in [0.05, 0.1) is 25.4 Å². The zero-order valence-electron chi connectivity index (χ0n) is 39.3. The van der Waals surface area contributed by atoms with Crippen LogP contribution in [0.25, 0.3) is 0 Å². The molecule has 0 aromatic carbocycles. The second-order valence-corrected chi connectivity index (χ2v) is 18.6. The van der Waals surface area contributed by atoms with Crippen LogP contribution in [0.1, 0.15) is 206 Å². The van der Waals surface area contributed by atoms with E-state index in [0.717, 1.165) is 44.9 Å². The van der Waals surface area contributed by atoms with Crippen LogP contribution in [0.15, 0.2) is 36.5 Å². The van der Waals surface area contributed by atoms with Gasteiger partial charge in [-0.25, -0.2) is 4.18 Å². The number of allylic oxidation sites excluding steroid dienone is 5. The summed E-state index contributed by atoms with van der Waals surface area (Å²) in [5, 5.41) is 55.3. The van der Waals surface area contributed by atoms with Gasteiger partial charge in [-0.2, -0.15) is 8.42 Å². The summed E-state index contributed by atoms with van der Waals surface area (Å²) in [7, 11) is -5.12. The third kappa shape index (κ3) is 31.8. The summed E-state index contributed by atoms with van der Waals surface area (Å²) >= 11 is 0. The fourth-order valence-electron chi connectivity index (χ4n) is 7.79. The van der Waals surface area contributed by atoms with Crippen molar-refractivity contribution in [1.82, 2.24) is 5.32 Å². The summed E-state index contributed by atoms with van der Waals surface area (Å²) < 4.78 is 47.6. The smallest absolute Gasteiger partial charge is 0.394 e. The molecule has 13 nitrogen and oxygen atoms in total. The molecule has 0 spiro atoms. The molecule has 14 heteroatoms. The van der Waals surface area contributed by atoms with Gasteiger partial charge >= 0.3 is 10.4 Å². The van der Waals surface area contributed by atoms with Crippen molar-refractivity contribution in [3.8, 4) is 0 Å². The Labute approximate surface area is 382 Å². The number of nitrogens with one attached hydrogen (secondary N) is 1. The predicted molar refractivity (Wildman–Crippen MR) is 251 cm³/mol. The average molecular weight is 918 g/mol. The van der Waals surface area contributed by atoms with Crippen LogP contribution in [0, 0.1) is 0 Å². The average Bonchev–Trinajstić information content (AvgIpc) is 3.25. The lowest BCUT2D eigenvalue weighted by Crippen LogP contribution is -2.61. The molecule has 8 atom stereocenters. The van der Waals surface area contributed by atoms with E-state index in [2.05, 4.69) is 47.7 Å². The molecule has 63 heavy (non-hydrogen) atoms. The molecular formula is C49H91NO12S. The number of ether oxygens (including phenoxy) is 2. The first-order chi connectivity index (χ1) is 30.4. The zero-order valence-corrected chi connectivity index (χ0v) is 40.1. The predicted octanol–water partition coefficient (Wildman–Crippen LogP) is 9.25. The lowest BCUT2D eigenvalue weighted by molar-refractivity contribution is -0.298. The molecule has 0 aromatic heterocycles. The first kappa shape index (κ1) is 59.3. The number of rotatable bonds is 42. The number of hydrogen-bond donors (Lipinski definition) is 7. The van der Waals surface area contributed by atoms with Gasteiger partial charge in [0.2, 0.25) is 5.91 Å². The summed E-state index contributed by atoms with van der Waals surface area (Å²) in [6.07, 6.45) is 35.1. The second-order valence-electron chi connectivity index (χ2n) is 17.5. The van der Waals surface area contributed by atoms with Crippen LogP contribution in [-0.2, 0) is 28.9 Å². The van der Waals surface area contributed by atoms with Crippen LogP contribution >= 0.6 is 0 Å². The van der Waals surface area contributed by atoms with E-state index in [1.807, 2.05) is 0 Å². The Morgan fingerprint density at radius 2 is 1.06 bits per heavy atom. The van der Waals surface area contributed by atoms with Gasteiger partial charge < -0.3 is 40.3 Å². The Kier molecular flexibility index (Phi) is 37.1. The van der Waals surface area contributed by atoms with E-state index in [1.54, 1.807) is 6.08 Å². The normalized spacial score (nSPS) is 21.2. The van der Waals surface area contributed by atoms with Gasteiger partial charge in [-0.3, -0.25) is 9.35 Å². The van der Waals surface area contributed by atoms with Crippen molar-refractivity contribution in [2.75, 3.05) is 13.2 Å². The largest absolute Gasteiger partial charge is 0.397 e. The molecule has 1 rings (SSSR count). The third-order valence-corrected chi connectivity index (χ3v) is 12.2. The summed E-state index contributed by atoms with van der Waals surface area (Å²) in [4.78, 5) is 13.1. The number of aliphatic hydroxyl groups is 5. The molecule has 1 fully saturated rings. The zero-order chi connectivity index (χ0) is 46.4. The van der Waals surface area contributed by atoms with Gasteiger partial charge in [0.15, 0.2) is 6.29 Å². The van der Waals surface area contributed by atoms with Crippen molar-refractivity contribution in [3.63, 3.8) is 0 Å². The van der Waals surface area contributed by atoms with Crippen molar-refractivity contribution >= 4 is 16.3 Å². The first-order valence-electron chi connectivity index (χ1n) is 25.0. The minimum atomic E-state index is -5.12.